The number of halogens is 1. The van der Waals surface area contributed by atoms with E-state index in [0.29, 0.717) is 10.4 Å². The number of benzene rings is 2. The van der Waals surface area contributed by atoms with Crippen molar-refractivity contribution < 1.29 is 4.92 Å². The third-order valence-electron chi connectivity index (χ3n) is 3.71. The summed E-state index contributed by atoms with van der Waals surface area (Å²) in [7, 11) is 0. The van der Waals surface area contributed by atoms with Crippen LogP contribution >= 0.6 is 15.9 Å². The van der Waals surface area contributed by atoms with Crippen molar-refractivity contribution in [3.63, 3.8) is 0 Å². The Hall–Kier alpha value is -1.88. The van der Waals surface area contributed by atoms with Crippen LogP contribution in [0, 0.1) is 10.1 Å². The smallest absolute Gasteiger partial charge is 0.270 e. The number of anilines is 1. The molecular formula is C16H15BrN2O2. The fraction of sp³-hybridized carbons (Fsp3) is 0.250. The van der Waals surface area contributed by atoms with Crippen LogP contribution in [-0.4, -0.2) is 4.92 Å². The van der Waals surface area contributed by atoms with E-state index in [9.17, 15) is 10.1 Å². The standard InChI is InChI=1S/C16H15BrN2O2/c17-15-9-13(19(20)21)7-8-16(15)18-10-12-3-1-2-4-14(12)11-5-6-11/h1-4,7-9,11,18H,5-6,10H2. The molecule has 0 saturated heterocycles. The summed E-state index contributed by atoms with van der Waals surface area (Å²) in [6, 6.07) is 13.2. The highest BCUT2D eigenvalue weighted by atomic mass is 79.9. The van der Waals surface area contributed by atoms with Crippen molar-refractivity contribution >= 4 is 27.3 Å². The Balaban J connectivity index is 1.75. The van der Waals surface area contributed by atoms with E-state index >= 15 is 0 Å². The van der Waals surface area contributed by atoms with Crippen LogP contribution in [0.4, 0.5) is 11.4 Å². The summed E-state index contributed by atoms with van der Waals surface area (Å²) in [5, 5.41) is 14.1. The molecule has 3 rings (SSSR count). The fourth-order valence-electron chi connectivity index (χ4n) is 2.44. The van der Waals surface area contributed by atoms with Crippen LogP contribution in [0.3, 0.4) is 0 Å². The van der Waals surface area contributed by atoms with Gasteiger partial charge in [-0.2, -0.15) is 0 Å². The summed E-state index contributed by atoms with van der Waals surface area (Å²) in [5.41, 5.74) is 3.67. The van der Waals surface area contributed by atoms with E-state index in [4.69, 9.17) is 0 Å². The average molecular weight is 347 g/mol. The molecule has 0 radical (unpaired) electrons. The fourth-order valence-corrected chi connectivity index (χ4v) is 2.95. The van der Waals surface area contributed by atoms with Gasteiger partial charge in [0.05, 0.1) is 4.92 Å². The van der Waals surface area contributed by atoms with E-state index in [0.717, 1.165) is 12.2 Å². The zero-order valence-electron chi connectivity index (χ0n) is 11.4. The van der Waals surface area contributed by atoms with Crippen molar-refractivity contribution in [3.05, 3.63) is 68.2 Å². The first-order valence-electron chi connectivity index (χ1n) is 6.91. The predicted octanol–water partition coefficient (Wildman–Crippen LogP) is 4.85. The molecule has 0 atom stereocenters. The number of nitrogens with one attached hydrogen (secondary N) is 1. The quantitative estimate of drug-likeness (QED) is 0.622. The van der Waals surface area contributed by atoms with Crippen molar-refractivity contribution in [1.29, 1.82) is 0 Å². The first-order valence-corrected chi connectivity index (χ1v) is 7.70. The van der Waals surface area contributed by atoms with Gasteiger partial charge in [0.1, 0.15) is 0 Å². The van der Waals surface area contributed by atoms with E-state index in [1.165, 1.54) is 36.1 Å². The first-order chi connectivity index (χ1) is 10.1. The lowest BCUT2D eigenvalue weighted by molar-refractivity contribution is -0.384. The van der Waals surface area contributed by atoms with Gasteiger partial charge in [0, 0.05) is 28.8 Å². The lowest BCUT2D eigenvalue weighted by atomic mass is 10.0. The van der Waals surface area contributed by atoms with Gasteiger partial charge >= 0.3 is 0 Å². The van der Waals surface area contributed by atoms with Gasteiger partial charge in [-0.3, -0.25) is 10.1 Å². The normalized spacial score (nSPS) is 14.0. The van der Waals surface area contributed by atoms with Crippen LogP contribution in [0.25, 0.3) is 0 Å². The highest BCUT2D eigenvalue weighted by Crippen LogP contribution is 2.41. The maximum absolute atomic E-state index is 10.7. The topological polar surface area (TPSA) is 55.2 Å². The number of hydrogen-bond acceptors (Lipinski definition) is 3. The second-order valence-electron chi connectivity index (χ2n) is 5.25. The molecule has 2 aromatic carbocycles. The monoisotopic (exact) mass is 346 g/mol. The zero-order chi connectivity index (χ0) is 14.8. The summed E-state index contributed by atoms with van der Waals surface area (Å²) < 4.78 is 0.709. The van der Waals surface area contributed by atoms with Crippen molar-refractivity contribution in [1.82, 2.24) is 0 Å². The second-order valence-corrected chi connectivity index (χ2v) is 6.10. The van der Waals surface area contributed by atoms with E-state index in [1.807, 2.05) is 6.07 Å². The molecule has 21 heavy (non-hydrogen) atoms. The molecular weight excluding hydrogens is 332 g/mol. The second kappa shape index (κ2) is 5.85. The Labute approximate surface area is 131 Å². The predicted molar refractivity (Wildman–Crippen MR) is 86.5 cm³/mol. The number of nitrogens with zero attached hydrogens (tertiary/aromatic N) is 1. The van der Waals surface area contributed by atoms with E-state index in [2.05, 4.69) is 39.4 Å². The number of nitro benzene ring substituents is 1. The number of non-ortho nitro benzene ring substituents is 1. The van der Waals surface area contributed by atoms with Crippen LogP contribution < -0.4 is 5.32 Å². The third kappa shape index (κ3) is 3.24. The summed E-state index contributed by atoms with van der Waals surface area (Å²) >= 11 is 3.38. The van der Waals surface area contributed by atoms with Gasteiger partial charge in [0.25, 0.3) is 5.69 Å². The molecule has 0 heterocycles. The molecule has 2 aromatic rings. The summed E-state index contributed by atoms with van der Waals surface area (Å²) in [6.45, 7) is 0.725. The average Bonchev–Trinajstić information content (AvgIpc) is 3.30. The minimum atomic E-state index is -0.392. The molecule has 1 aliphatic carbocycles. The lowest BCUT2D eigenvalue weighted by Crippen LogP contribution is -2.03. The Morgan fingerprint density at radius 2 is 2.00 bits per heavy atom. The minimum absolute atomic E-state index is 0.0887. The van der Waals surface area contributed by atoms with Crippen LogP contribution in [0.15, 0.2) is 46.9 Å². The van der Waals surface area contributed by atoms with Gasteiger partial charge in [0.2, 0.25) is 0 Å². The molecule has 0 aromatic heterocycles. The van der Waals surface area contributed by atoms with Gasteiger partial charge in [-0.05, 0) is 51.9 Å². The molecule has 1 aliphatic rings. The Kier molecular flexibility index (Phi) is 3.92. The Bertz CT molecular complexity index is 684. The molecule has 0 spiro atoms. The van der Waals surface area contributed by atoms with Gasteiger partial charge in [0.15, 0.2) is 0 Å². The van der Waals surface area contributed by atoms with Gasteiger partial charge in [-0.1, -0.05) is 24.3 Å². The van der Waals surface area contributed by atoms with E-state index in [-0.39, 0.29) is 5.69 Å². The van der Waals surface area contributed by atoms with Gasteiger partial charge in [-0.15, -0.1) is 0 Å². The zero-order valence-corrected chi connectivity index (χ0v) is 13.0. The van der Waals surface area contributed by atoms with Gasteiger partial charge < -0.3 is 5.32 Å². The number of nitro groups is 1. The van der Waals surface area contributed by atoms with Crippen LogP contribution in [0.2, 0.25) is 0 Å². The highest BCUT2D eigenvalue weighted by Gasteiger charge is 2.25. The Morgan fingerprint density at radius 1 is 1.24 bits per heavy atom. The van der Waals surface area contributed by atoms with Crippen molar-refractivity contribution in [2.45, 2.75) is 25.3 Å². The van der Waals surface area contributed by atoms with Crippen molar-refractivity contribution in [2.75, 3.05) is 5.32 Å². The van der Waals surface area contributed by atoms with Crippen LogP contribution in [0.1, 0.15) is 29.9 Å². The molecule has 0 aliphatic heterocycles. The molecule has 4 nitrogen and oxygen atoms in total. The first kappa shape index (κ1) is 14.1. The number of hydrogen-bond donors (Lipinski definition) is 1. The maximum Gasteiger partial charge on any atom is 0.270 e. The third-order valence-corrected chi connectivity index (χ3v) is 4.36. The van der Waals surface area contributed by atoms with Gasteiger partial charge in [-0.25, -0.2) is 0 Å². The molecule has 0 amide bonds. The minimum Gasteiger partial charge on any atom is -0.380 e. The van der Waals surface area contributed by atoms with Crippen molar-refractivity contribution in [3.8, 4) is 0 Å². The van der Waals surface area contributed by atoms with E-state index in [1.54, 1.807) is 6.07 Å². The van der Waals surface area contributed by atoms with Crippen molar-refractivity contribution in [2.24, 2.45) is 0 Å². The molecule has 0 bridgehead atoms. The molecule has 5 heteroatoms. The largest absolute Gasteiger partial charge is 0.380 e. The number of rotatable bonds is 5. The molecule has 1 saturated carbocycles. The summed E-state index contributed by atoms with van der Waals surface area (Å²) in [6.07, 6.45) is 2.55. The maximum atomic E-state index is 10.7. The van der Waals surface area contributed by atoms with Crippen LogP contribution in [-0.2, 0) is 6.54 Å². The lowest BCUT2D eigenvalue weighted by Gasteiger charge is -2.12. The van der Waals surface area contributed by atoms with Crippen LogP contribution in [0.5, 0.6) is 0 Å². The molecule has 0 unspecified atom stereocenters. The Morgan fingerprint density at radius 3 is 2.67 bits per heavy atom. The highest BCUT2D eigenvalue weighted by molar-refractivity contribution is 9.10. The molecule has 108 valence electrons. The summed E-state index contributed by atoms with van der Waals surface area (Å²) in [4.78, 5) is 10.3. The molecule has 1 N–H and O–H groups in total. The summed E-state index contributed by atoms with van der Waals surface area (Å²) in [5.74, 6) is 0.711. The SMILES string of the molecule is O=[N+]([O-])c1ccc(NCc2ccccc2C2CC2)c(Br)c1. The van der Waals surface area contributed by atoms with E-state index < -0.39 is 4.92 Å². The molecule has 1 fully saturated rings.